The second kappa shape index (κ2) is 11.8. The van der Waals surface area contributed by atoms with Crippen LogP contribution in [0.25, 0.3) is 0 Å². The fraction of sp³-hybridized carbons (Fsp3) is 0.842. The van der Waals surface area contributed by atoms with Crippen LogP contribution in [0.1, 0.15) is 113 Å². The number of carbonyl (C=O) groups is 2. The van der Waals surface area contributed by atoms with E-state index in [1.54, 1.807) is 4.90 Å². The Bertz CT molecular complexity index is 1240. The summed E-state index contributed by atoms with van der Waals surface area (Å²) in [5.74, 6) is 0.586. The topological polar surface area (TPSA) is 93.1 Å². The van der Waals surface area contributed by atoms with Crippen LogP contribution in [-0.4, -0.2) is 78.4 Å². The molecule has 5 rings (SSSR count). The smallest absolute Gasteiger partial charge is 0.324 e. The van der Waals surface area contributed by atoms with Gasteiger partial charge in [-0.25, -0.2) is 4.79 Å². The number of hydrogen-bond donors (Lipinski definition) is 3. The Labute approximate surface area is 273 Å². The third-order valence-electron chi connectivity index (χ3n) is 14.4. The van der Waals surface area contributed by atoms with Gasteiger partial charge in [-0.15, -0.1) is 0 Å². The molecular formula is C38H63N3O4. The van der Waals surface area contributed by atoms with E-state index in [1.165, 1.54) is 11.1 Å². The van der Waals surface area contributed by atoms with Gasteiger partial charge < -0.3 is 20.4 Å². The van der Waals surface area contributed by atoms with Crippen LogP contribution in [0.3, 0.4) is 0 Å². The van der Waals surface area contributed by atoms with Gasteiger partial charge in [0.1, 0.15) is 0 Å². The Morgan fingerprint density at radius 3 is 2.29 bits per heavy atom. The van der Waals surface area contributed by atoms with E-state index in [-0.39, 0.29) is 46.1 Å². The monoisotopic (exact) mass is 625 g/mol. The Morgan fingerprint density at radius 2 is 1.64 bits per heavy atom. The highest BCUT2D eigenvalue weighted by Gasteiger charge is 2.68. The van der Waals surface area contributed by atoms with Gasteiger partial charge in [-0.05, 0) is 131 Å². The Kier molecular flexibility index (Phi) is 9.06. The van der Waals surface area contributed by atoms with Crippen molar-refractivity contribution in [3.8, 4) is 0 Å². The van der Waals surface area contributed by atoms with Crippen LogP contribution in [0.4, 0.5) is 4.79 Å². The second-order valence-electron chi connectivity index (χ2n) is 17.7. The molecule has 5 aliphatic rings. The van der Waals surface area contributed by atoms with Crippen molar-refractivity contribution in [1.29, 1.82) is 0 Å². The van der Waals surface area contributed by atoms with Crippen molar-refractivity contribution in [2.75, 3.05) is 40.3 Å². The van der Waals surface area contributed by atoms with E-state index in [0.717, 1.165) is 70.8 Å². The van der Waals surface area contributed by atoms with E-state index in [2.05, 4.69) is 63.9 Å². The lowest BCUT2D eigenvalue weighted by molar-refractivity contribution is -0.198. The van der Waals surface area contributed by atoms with Gasteiger partial charge in [-0.3, -0.25) is 9.69 Å². The number of aliphatic hydroxyl groups is 2. The number of aliphatic hydroxyl groups excluding tert-OH is 2. The van der Waals surface area contributed by atoms with Crippen molar-refractivity contribution in [3.05, 3.63) is 23.3 Å². The second-order valence-corrected chi connectivity index (χ2v) is 17.7. The largest absolute Gasteiger partial charge is 0.396 e. The number of hydrogen-bond acceptors (Lipinski definition) is 5. The number of nitrogens with one attached hydrogen (secondary N) is 1. The maximum Gasteiger partial charge on any atom is 0.324 e. The molecule has 8 atom stereocenters. The minimum Gasteiger partial charge on any atom is -0.396 e. The third-order valence-corrected chi connectivity index (χ3v) is 14.4. The predicted octanol–water partition coefficient (Wildman–Crippen LogP) is 6.55. The summed E-state index contributed by atoms with van der Waals surface area (Å²) in [4.78, 5) is 32.1. The molecule has 0 unspecified atom stereocenters. The molecule has 0 heterocycles. The summed E-state index contributed by atoms with van der Waals surface area (Å²) in [5.41, 5.74) is 1.49. The zero-order valence-corrected chi connectivity index (χ0v) is 29.9. The maximum absolute atomic E-state index is 14.9. The van der Waals surface area contributed by atoms with Crippen LogP contribution >= 0.6 is 0 Å². The summed E-state index contributed by atoms with van der Waals surface area (Å²) >= 11 is 0. The normalized spacial score (nSPS) is 41.9. The minimum absolute atomic E-state index is 0.00332. The van der Waals surface area contributed by atoms with E-state index in [4.69, 9.17) is 0 Å². The summed E-state index contributed by atoms with van der Waals surface area (Å²) in [7, 11) is 4.06. The molecule has 0 spiro atoms. The first-order valence-corrected chi connectivity index (χ1v) is 17.9. The standard InChI is InChI=1S/C38H63N3O4/c1-10-39-32(45)41(23-11-22-40(8)9)31(44)38-20-18-33(2,3)24-27(38)26-12-13-29-34(4)16-15-30(43)35(5,25-42)28(34)14-17-37(29,7)36(26,6)19-21-38/h12-13,28-30,42-43H,10-11,14-25H2,1-9H3,(H,39,45)/t28-,29-,30-,34+,35+,36-,37-,38+/m1/s1. The van der Waals surface area contributed by atoms with Crippen LogP contribution in [0.5, 0.6) is 0 Å². The lowest BCUT2D eigenvalue weighted by Crippen LogP contribution is -2.64. The summed E-state index contributed by atoms with van der Waals surface area (Å²) in [6.45, 7) is 17.9. The molecule has 3 saturated carbocycles. The first-order valence-electron chi connectivity index (χ1n) is 17.9. The summed E-state index contributed by atoms with van der Waals surface area (Å²) < 4.78 is 0. The maximum atomic E-state index is 14.9. The SMILES string of the molecule is CCNC(=O)N(CCCN(C)C)C(=O)[C@]12CCC(C)(C)CC1=C1C=C[C@@H]3[C@@]4(C)CC[C@@H](O)[C@@](C)(CO)[C@@H]4CC[C@@]3(C)[C@]1(C)CC2. The van der Waals surface area contributed by atoms with Gasteiger partial charge in [0.15, 0.2) is 0 Å². The summed E-state index contributed by atoms with van der Waals surface area (Å²) in [6.07, 6.45) is 13.2. The molecule has 7 heteroatoms. The Morgan fingerprint density at radius 1 is 0.956 bits per heavy atom. The van der Waals surface area contributed by atoms with Gasteiger partial charge in [-0.2, -0.15) is 0 Å². The van der Waals surface area contributed by atoms with Crippen LogP contribution in [0.15, 0.2) is 23.3 Å². The molecular weight excluding hydrogens is 562 g/mol. The van der Waals surface area contributed by atoms with Gasteiger partial charge in [0.25, 0.3) is 0 Å². The molecule has 254 valence electrons. The van der Waals surface area contributed by atoms with Crippen LogP contribution in [0, 0.1) is 44.3 Å². The first-order chi connectivity index (χ1) is 21.0. The fourth-order valence-corrected chi connectivity index (χ4v) is 11.3. The van der Waals surface area contributed by atoms with E-state index >= 15 is 0 Å². The van der Waals surface area contributed by atoms with E-state index < -0.39 is 16.9 Å². The van der Waals surface area contributed by atoms with Crippen LogP contribution < -0.4 is 5.32 Å². The van der Waals surface area contributed by atoms with Gasteiger partial charge in [0.05, 0.1) is 18.1 Å². The zero-order valence-electron chi connectivity index (χ0n) is 29.9. The van der Waals surface area contributed by atoms with Crippen molar-refractivity contribution < 1.29 is 19.8 Å². The van der Waals surface area contributed by atoms with Crippen molar-refractivity contribution in [1.82, 2.24) is 15.1 Å². The number of urea groups is 1. The summed E-state index contributed by atoms with van der Waals surface area (Å²) in [5, 5.41) is 24.6. The van der Waals surface area contributed by atoms with Gasteiger partial charge >= 0.3 is 6.03 Å². The molecule has 0 aromatic rings. The first kappa shape index (κ1) is 34.6. The van der Waals surface area contributed by atoms with Gasteiger partial charge in [-0.1, -0.05) is 59.3 Å². The molecule has 5 aliphatic carbocycles. The zero-order chi connectivity index (χ0) is 33.2. The molecule has 0 aromatic carbocycles. The molecule has 0 radical (unpaired) electrons. The van der Waals surface area contributed by atoms with Crippen molar-refractivity contribution in [3.63, 3.8) is 0 Å². The molecule has 45 heavy (non-hydrogen) atoms. The predicted molar refractivity (Wildman–Crippen MR) is 180 cm³/mol. The number of nitrogens with zero attached hydrogens (tertiary/aromatic N) is 2. The highest BCUT2D eigenvalue weighted by molar-refractivity contribution is 5.99. The lowest BCUT2D eigenvalue weighted by Gasteiger charge is -2.69. The third kappa shape index (κ3) is 5.17. The minimum atomic E-state index is -0.646. The van der Waals surface area contributed by atoms with Crippen molar-refractivity contribution in [2.24, 2.45) is 44.3 Å². The van der Waals surface area contributed by atoms with E-state index in [1.807, 2.05) is 21.0 Å². The van der Waals surface area contributed by atoms with Crippen molar-refractivity contribution in [2.45, 2.75) is 119 Å². The number of rotatable bonds is 7. The average molecular weight is 626 g/mol. The van der Waals surface area contributed by atoms with E-state index in [9.17, 15) is 19.8 Å². The molecule has 0 saturated heterocycles. The average Bonchev–Trinajstić information content (AvgIpc) is 2.97. The number of carbonyl (C=O) groups excluding carboxylic acids is 2. The molecule has 0 aliphatic heterocycles. The van der Waals surface area contributed by atoms with Crippen molar-refractivity contribution >= 4 is 11.9 Å². The fourth-order valence-electron chi connectivity index (χ4n) is 11.3. The molecule has 0 aromatic heterocycles. The Hall–Kier alpha value is -1.70. The molecule has 7 nitrogen and oxygen atoms in total. The van der Waals surface area contributed by atoms with Crippen LogP contribution in [-0.2, 0) is 4.79 Å². The quantitative estimate of drug-likeness (QED) is 0.298. The number of imide groups is 1. The summed E-state index contributed by atoms with van der Waals surface area (Å²) in [6, 6.07) is -0.262. The molecule has 0 bridgehead atoms. The molecule has 3 N–H and O–H groups in total. The van der Waals surface area contributed by atoms with Gasteiger partial charge in [0.2, 0.25) is 5.91 Å². The molecule has 3 amide bonds. The van der Waals surface area contributed by atoms with Crippen LogP contribution in [0.2, 0.25) is 0 Å². The highest BCUT2D eigenvalue weighted by Crippen LogP contribution is 2.74. The Balaban J connectivity index is 1.61. The number of allylic oxidation sites excluding steroid dienone is 3. The number of fused-ring (bicyclic) bond motifs is 6. The lowest BCUT2D eigenvalue weighted by atomic mass is 9.35. The number of amides is 3. The molecule has 3 fully saturated rings. The van der Waals surface area contributed by atoms with E-state index in [0.29, 0.717) is 19.0 Å². The van der Waals surface area contributed by atoms with Gasteiger partial charge in [0, 0.05) is 18.5 Å². The highest BCUT2D eigenvalue weighted by atomic mass is 16.3.